The Morgan fingerprint density at radius 1 is 1.27 bits per heavy atom. The molecule has 0 aliphatic carbocycles. The van der Waals surface area contributed by atoms with E-state index in [1.807, 2.05) is 6.92 Å². The molecule has 0 unspecified atom stereocenters. The third-order valence-electron chi connectivity index (χ3n) is 3.01. The number of rotatable bonds is 6. The normalized spacial score (nSPS) is 10.3. The van der Waals surface area contributed by atoms with Gasteiger partial charge < -0.3 is 19.7 Å². The average molecular weight is 304 g/mol. The van der Waals surface area contributed by atoms with Crippen molar-refractivity contribution in [2.24, 2.45) is 5.73 Å². The van der Waals surface area contributed by atoms with E-state index in [0.29, 0.717) is 11.5 Å². The van der Waals surface area contributed by atoms with Crippen molar-refractivity contribution in [3.05, 3.63) is 46.8 Å². The number of aromatic nitrogens is 1. The minimum Gasteiger partial charge on any atom is -0.488 e. The van der Waals surface area contributed by atoms with Crippen molar-refractivity contribution in [1.29, 1.82) is 0 Å². The molecule has 2 aromatic rings. The lowest BCUT2D eigenvalue weighted by Crippen LogP contribution is -2.21. The molecule has 1 heterocycles. The van der Waals surface area contributed by atoms with Crippen molar-refractivity contribution in [2.45, 2.75) is 20.5 Å². The van der Waals surface area contributed by atoms with Crippen molar-refractivity contribution in [3.8, 4) is 5.75 Å². The van der Waals surface area contributed by atoms with Gasteiger partial charge in [0.15, 0.2) is 6.61 Å². The minimum atomic E-state index is -0.720. The molecule has 0 bridgehead atoms. The summed E-state index contributed by atoms with van der Waals surface area (Å²) in [6, 6.07) is 6.59. The van der Waals surface area contributed by atoms with Gasteiger partial charge >= 0.3 is 5.97 Å². The first-order chi connectivity index (χ1) is 10.5. The highest BCUT2D eigenvalue weighted by Gasteiger charge is 2.16. The molecular formula is C15H16N2O5. The van der Waals surface area contributed by atoms with Crippen LogP contribution in [0.15, 0.2) is 28.8 Å². The monoisotopic (exact) mass is 304 g/mol. The molecule has 0 fully saturated rings. The number of aryl methyl sites for hydroxylation is 2. The number of amides is 1. The van der Waals surface area contributed by atoms with Crippen LogP contribution in [0, 0.1) is 13.8 Å². The number of carbonyl (C=O) groups is 2. The molecule has 1 aromatic carbocycles. The molecule has 0 saturated carbocycles. The highest BCUT2D eigenvalue weighted by Crippen LogP contribution is 2.22. The SMILES string of the molecule is Cc1noc(C)c1COc1ccccc1C(=O)OCC(N)=O. The van der Waals surface area contributed by atoms with Crippen LogP contribution in [0.1, 0.15) is 27.4 Å². The van der Waals surface area contributed by atoms with E-state index in [9.17, 15) is 9.59 Å². The van der Waals surface area contributed by atoms with Gasteiger partial charge in [-0.3, -0.25) is 4.79 Å². The second-order valence-corrected chi connectivity index (χ2v) is 4.63. The van der Waals surface area contributed by atoms with Crippen molar-refractivity contribution >= 4 is 11.9 Å². The van der Waals surface area contributed by atoms with Gasteiger partial charge in [0.2, 0.25) is 0 Å². The molecule has 1 aromatic heterocycles. The minimum absolute atomic E-state index is 0.210. The fourth-order valence-electron chi connectivity index (χ4n) is 1.83. The van der Waals surface area contributed by atoms with Gasteiger partial charge in [-0.05, 0) is 26.0 Å². The summed E-state index contributed by atoms with van der Waals surface area (Å²) >= 11 is 0. The average Bonchev–Trinajstić information content (AvgIpc) is 2.82. The Balaban J connectivity index is 2.11. The number of hydrogen-bond donors (Lipinski definition) is 1. The maximum atomic E-state index is 11.9. The summed E-state index contributed by atoms with van der Waals surface area (Å²) in [6.45, 7) is 3.33. The number of nitrogens with zero attached hydrogens (tertiary/aromatic N) is 1. The Bertz CT molecular complexity index is 673. The fraction of sp³-hybridized carbons (Fsp3) is 0.267. The van der Waals surface area contributed by atoms with E-state index in [1.165, 1.54) is 0 Å². The Morgan fingerprint density at radius 3 is 2.64 bits per heavy atom. The van der Waals surface area contributed by atoms with E-state index in [0.717, 1.165) is 11.3 Å². The molecule has 116 valence electrons. The Morgan fingerprint density at radius 2 is 2.00 bits per heavy atom. The molecule has 0 aliphatic rings. The molecule has 2 N–H and O–H groups in total. The van der Waals surface area contributed by atoms with Gasteiger partial charge in [0.05, 0.1) is 11.3 Å². The van der Waals surface area contributed by atoms with Crippen LogP contribution in [0.2, 0.25) is 0 Å². The first-order valence-corrected chi connectivity index (χ1v) is 6.58. The largest absolute Gasteiger partial charge is 0.488 e. The van der Waals surface area contributed by atoms with Crippen LogP contribution in [-0.2, 0) is 16.1 Å². The second kappa shape index (κ2) is 6.75. The van der Waals surface area contributed by atoms with Crippen LogP contribution >= 0.6 is 0 Å². The van der Waals surface area contributed by atoms with Crippen LogP contribution in [-0.4, -0.2) is 23.6 Å². The van der Waals surface area contributed by atoms with E-state index >= 15 is 0 Å². The van der Waals surface area contributed by atoms with Crippen LogP contribution in [0.5, 0.6) is 5.75 Å². The number of carbonyl (C=O) groups excluding carboxylic acids is 2. The summed E-state index contributed by atoms with van der Waals surface area (Å²) in [5.74, 6) is -0.390. The predicted octanol–water partition coefficient (Wildman–Crippen LogP) is 1.51. The molecular weight excluding hydrogens is 288 g/mol. The van der Waals surface area contributed by atoms with E-state index in [1.54, 1.807) is 31.2 Å². The number of esters is 1. The van der Waals surface area contributed by atoms with Crippen molar-refractivity contribution in [3.63, 3.8) is 0 Å². The first kappa shape index (κ1) is 15.6. The maximum Gasteiger partial charge on any atom is 0.342 e. The molecule has 7 nitrogen and oxygen atoms in total. The maximum absolute atomic E-state index is 11.9. The zero-order valence-corrected chi connectivity index (χ0v) is 12.3. The van der Waals surface area contributed by atoms with Gasteiger partial charge in [0, 0.05) is 0 Å². The third kappa shape index (κ3) is 3.63. The lowest BCUT2D eigenvalue weighted by atomic mass is 10.2. The smallest absolute Gasteiger partial charge is 0.342 e. The van der Waals surface area contributed by atoms with Crippen LogP contribution in [0.4, 0.5) is 0 Å². The number of hydrogen-bond acceptors (Lipinski definition) is 6. The van der Waals surface area contributed by atoms with Crippen LogP contribution < -0.4 is 10.5 Å². The molecule has 22 heavy (non-hydrogen) atoms. The number of primary amides is 1. The lowest BCUT2D eigenvalue weighted by Gasteiger charge is -2.10. The van der Waals surface area contributed by atoms with Crippen molar-refractivity contribution in [1.82, 2.24) is 5.16 Å². The molecule has 7 heteroatoms. The highest BCUT2D eigenvalue weighted by atomic mass is 16.5. The van der Waals surface area contributed by atoms with Gasteiger partial charge in [-0.25, -0.2) is 4.79 Å². The number of benzene rings is 1. The second-order valence-electron chi connectivity index (χ2n) is 4.63. The van der Waals surface area contributed by atoms with E-state index in [4.69, 9.17) is 19.7 Å². The summed E-state index contributed by atoms with van der Waals surface area (Å²) in [5.41, 5.74) is 6.71. The number of para-hydroxylation sites is 1. The van der Waals surface area contributed by atoms with Crippen LogP contribution in [0.25, 0.3) is 0 Å². The molecule has 2 rings (SSSR count). The van der Waals surface area contributed by atoms with E-state index in [-0.39, 0.29) is 12.2 Å². The summed E-state index contributed by atoms with van der Waals surface area (Å²) in [5, 5.41) is 3.84. The van der Waals surface area contributed by atoms with Gasteiger partial charge in [0.1, 0.15) is 23.7 Å². The first-order valence-electron chi connectivity index (χ1n) is 6.58. The molecule has 0 aliphatic heterocycles. The summed E-state index contributed by atoms with van der Waals surface area (Å²) < 4.78 is 15.5. The zero-order valence-electron chi connectivity index (χ0n) is 12.3. The molecule has 0 atom stereocenters. The van der Waals surface area contributed by atoms with Gasteiger partial charge in [-0.2, -0.15) is 0 Å². The van der Waals surface area contributed by atoms with Gasteiger partial charge in [-0.1, -0.05) is 17.3 Å². The summed E-state index contributed by atoms with van der Waals surface area (Å²) in [6.07, 6.45) is 0. The Kier molecular flexibility index (Phi) is 4.77. The fourth-order valence-corrected chi connectivity index (χ4v) is 1.83. The lowest BCUT2D eigenvalue weighted by molar-refractivity contribution is -0.121. The molecule has 0 radical (unpaired) electrons. The third-order valence-corrected chi connectivity index (χ3v) is 3.01. The van der Waals surface area contributed by atoms with Crippen molar-refractivity contribution in [2.75, 3.05) is 6.61 Å². The quantitative estimate of drug-likeness (QED) is 0.811. The Hall–Kier alpha value is -2.83. The van der Waals surface area contributed by atoms with E-state index < -0.39 is 18.5 Å². The van der Waals surface area contributed by atoms with Crippen molar-refractivity contribution < 1.29 is 23.6 Å². The Labute approximate surface area is 127 Å². The molecule has 1 amide bonds. The highest BCUT2D eigenvalue weighted by molar-refractivity contribution is 5.93. The standard InChI is InChI=1S/C15H16N2O5/c1-9-12(10(2)22-17-9)7-20-13-6-4-3-5-11(13)15(19)21-8-14(16)18/h3-6H,7-8H2,1-2H3,(H2,16,18). The summed E-state index contributed by atoms with van der Waals surface area (Å²) in [7, 11) is 0. The van der Waals surface area contributed by atoms with E-state index in [2.05, 4.69) is 5.16 Å². The predicted molar refractivity (Wildman–Crippen MR) is 76.2 cm³/mol. The molecule has 0 spiro atoms. The number of ether oxygens (including phenoxy) is 2. The topological polar surface area (TPSA) is 105 Å². The number of nitrogens with two attached hydrogens (primary N) is 1. The van der Waals surface area contributed by atoms with Crippen LogP contribution in [0.3, 0.4) is 0 Å². The molecule has 0 saturated heterocycles. The van der Waals surface area contributed by atoms with Gasteiger partial charge in [-0.15, -0.1) is 0 Å². The van der Waals surface area contributed by atoms with Gasteiger partial charge in [0.25, 0.3) is 5.91 Å². The zero-order chi connectivity index (χ0) is 16.1. The summed E-state index contributed by atoms with van der Waals surface area (Å²) in [4.78, 5) is 22.6.